The molecule has 0 unspecified atom stereocenters. The van der Waals surface area contributed by atoms with Crippen LogP contribution < -0.4 is 5.32 Å². The van der Waals surface area contributed by atoms with Crippen LogP contribution in [0, 0.1) is 11.3 Å². The number of nitrogens with one attached hydrogen (secondary N) is 1. The molecule has 1 N–H and O–H groups in total. The maximum atomic E-state index is 12.7. The summed E-state index contributed by atoms with van der Waals surface area (Å²) < 4.78 is 10.7. The Bertz CT molecular complexity index is 1030. The van der Waals surface area contributed by atoms with Gasteiger partial charge in [-0.15, -0.1) is 0 Å². The zero-order chi connectivity index (χ0) is 21.9. The fourth-order valence-corrected chi connectivity index (χ4v) is 2.88. The summed E-state index contributed by atoms with van der Waals surface area (Å²) >= 11 is 0. The van der Waals surface area contributed by atoms with Gasteiger partial charge in [-0.2, -0.15) is 5.26 Å². The van der Waals surface area contributed by atoms with Crippen LogP contribution >= 0.6 is 0 Å². The van der Waals surface area contributed by atoms with Crippen LogP contribution in [0.2, 0.25) is 0 Å². The van der Waals surface area contributed by atoms with E-state index in [0.717, 1.165) is 16.7 Å². The number of benzene rings is 3. The fraction of sp³-hybridized carbons (Fsp3) is 0.160. The molecular formula is C25H22N2O4. The number of hydrogen-bond acceptors (Lipinski definition) is 5. The lowest BCUT2D eigenvalue weighted by atomic mass is 10.1. The number of nitrogens with zero attached hydrogens (tertiary/aromatic N) is 1. The molecule has 0 heterocycles. The van der Waals surface area contributed by atoms with Crippen LogP contribution in [0.15, 0.2) is 84.9 Å². The zero-order valence-electron chi connectivity index (χ0n) is 16.9. The predicted octanol–water partition coefficient (Wildman–Crippen LogP) is 4.14. The first-order valence-corrected chi connectivity index (χ1v) is 9.81. The smallest absolute Gasteiger partial charge is 0.408 e. The third kappa shape index (κ3) is 7.02. The highest BCUT2D eigenvalue weighted by atomic mass is 16.6. The van der Waals surface area contributed by atoms with E-state index < -0.39 is 18.1 Å². The lowest BCUT2D eigenvalue weighted by Crippen LogP contribution is -2.43. The van der Waals surface area contributed by atoms with Crippen molar-refractivity contribution < 1.29 is 19.1 Å². The van der Waals surface area contributed by atoms with Crippen molar-refractivity contribution in [3.63, 3.8) is 0 Å². The van der Waals surface area contributed by atoms with Gasteiger partial charge in [0.15, 0.2) is 0 Å². The third-order valence-electron chi connectivity index (χ3n) is 4.54. The number of alkyl carbamates (subject to hydrolysis) is 1. The highest BCUT2D eigenvalue weighted by molar-refractivity contribution is 5.81. The van der Waals surface area contributed by atoms with Gasteiger partial charge in [-0.25, -0.2) is 9.59 Å². The van der Waals surface area contributed by atoms with Gasteiger partial charge in [-0.3, -0.25) is 0 Å². The quantitative estimate of drug-likeness (QED) is 0.560. The van der Waals surface area contributed by atoms with Gasteiger partial charge < -0.3 is 14.8 Å². The summed E-state index contributed by atoms with van der Waals surface area (Å²) in [4.78, 5) is 25.0. The van der Waals surface area contributed by atoms with Crippen molar-refractivity contribution in [1.82, 2.24) is 5.32 Å². The van der Waals surface area contributed by atoms with Crippen molar-refractivity contribution in [2.75, 3.05) is 0 Å². The van der Waals surface area contributed by atoms with Crippen molar-refractivity contribution >= 4 is 12.1 Å². The first kappa shape index (κ1) is 21.6. The molecule has 3 rings (SSSR count). The summed E-state index contributed by atoms with van der Waals surface area (Å²) in [5.74, 6) is -0.565. The molecule has 3 aromatic rings. The van der Waals surface area contributed by atoms with E-state index in [9.17, 15) is 9.59 Å². The molecule has 6 nitrogen and oxygen atoms in total. The minimum Gasteiger partial charge on any atom is -0.459 e. The van der Waals surface area contributed by atoms with Crippen LogP contribution in [0.4, 0.5) is 4.79 Å². The Labute approximate surface area is 181 Å². The summed E-state index contributed by atoms with van der Waals surface area (Å²) in [6, 6.07) is 26.5. The van der Waals surface area contributed by atoms with Crippen LogP contribution in [-0.4, -0.2) is 18.1 Å². The van der Waals surface area contributed by atoms with Crippen molar-refractivity contribution in [2.45, 2.75) is 25.7 Å². The molecule has 0 aliphatic heterocycles. The van der Waals surface area contributed by atoms with Crippen LogP contribution in [0.5, 0.6) is 0 Å². The number of ether oxygens (including phenoxy) is 2. The molecular weight excluding hydrogens is 392 g/mol. The number of hydrogen-bond donors (Lipinski definition) is 1. The highest BCUT2D eigenvalue weighted by Gasteiger charge is 2.23. The second-order valence-corrected chi connectivity index (χ2v) is 6.86. The molecule has 0 saturated carbocycles. The molecule has 0 bridgehead atoms. The predicted molar refractivity (Wildman–Crippen MR) is 115 cm³/mol. The maximum Gasteiger partial charge on any atom is 0.408 e. The Kier molecular flexibility index (Phi) is 7.78. The Hall–Kier alpha value is -4.11. The first-order valence-electron chi connectivity index (χ1n) is 9.81. The average Bonchev–Trinajstić information content (AvgIpc) is 2.82. The van der Waals surface area contributed by atoms with Gasteiger partial charge in [0.1, 0.15) is 19.3 Å². The monoisotopic (exact) mass is 414 g/mol. The van der Waals surface area contributed by atoms with Crippen LogP contribution in [0.25, 0.3) is 0 Å². The number of carbonyl (C=O) groups excluding carboxylic acids is 2. The van der Waals surface area contributed by atoms with Crippen LogP contribution in [0.3, 0.4) is 0 Å². The zero-order valence-corrected chi connectivity index (χ0v) is 16.9. The molecule has 0 fully saturated rings. The van der Waals surface area contributed by atoms with E-state index in [1.807, 2.05) is 66.7 Å². The van der Waals surface area contributed by atoms with Gasteiger partial charge >= 0.3 is 12.1 Å². The maximum absolute atomic E-state index is 12.7. The molecule has 0 aromatic heterocycles. The van der Waals surface area contributed by atoms with Gasteiger partial charge in [-0.1, -0.05) is 72.8 Å². The summed E-state index contributed by atoms with van der Waals surface area (Å²) in [5.41, 5.74) is 3.00. The number of carbonyl (C=O) groups is 2. The minimum absolute atomic E-state index is 0.0383. The molecule has 1 amide bonds. The largest absolute Gasteiger partial charge is 0.459 e. The van der Waals surface area contributed by atoms with Crippen molar-refractivity contribution in [1.29, 1.82) is 5.26 Å². The van der Waals surface area contributed by atoms with E-state index in [0.29, 0.717) is 5.56 Å². The molecule has 31 heavy (non-hydrogen) atoms. The number of nitriles is 1. The first-order chi connectivity index (χ1) is 15.1. The summed E-state index contributed by atoms with van der Waals surface area (Å²) in [6.45, 7) is 0.140. The standard InChI is InChI=1S/C25H22N2O4/c26-16-20-11-13-22(14-12-20)17-30-24(28)23(15-19-7-3-1-4-8-19)27-25(29)31-18-21-9-5-2-6-10-21/h1-14,23H,15,17-18H2,(H,27,29)/t23-/m0/s1. The van der Waals surface area contributed by atoms with Gasteiger partial charge in [0.2, 0.25) is 0 Å². The van der Waals surface area contributed by atoms with Crippen LogP contribution in [-0.2, 0) is 33.9 Å². The summed E-state index contributed by atoms with van der Waals surface area (Å²) in [7, 11) is 0. The number of amides is 1. The van der Waals surface area contributed by atoms with E-state index >= 15 is 0 Å². The lowest BCUT2D eigenvalue weighted by Gasteiger charge is -2.18. The van der Waals surface area contributed by atoms with Gasteiger partial charge in [0, 0.05) is 6.42 Å². The highest BCUT2D eigenvalue weighted by Crippen LogP contribution is 2.09. The molecule has 0 aliphatic carbocycles. The summed E-state index contributed by atoms with van der Waals surface area (Å²) in [5, 5.41) is 11.5. The minimum atomic E-state index is -0.899. The van der Waals surface area contributed by atoms with Gasteiger partial charge in [-0.05, 0) is 28.8 Å². The van der Waals surface area contributed by atoms with E-state index in [4.69, 9.17) is 14.7 Å². The second kappa shape index (κ2) is 11.2. The average molecular weight is 414 g/mol. The van der Waals surface area contributed by atoms with Crippen molar-refractivity contribution in [3.8, 4) is 6.07 Å². The molecule has 156 valence electrons. The molecule has 0 saturated heterocycles. The summed E-state index contributed by atoms with van der Waals surface area (Å²) in [6.07, 6.45) is -0.423. The van der Waals surface area contributed by atoms with Crippen molar-refractivity contribution in [2.24, 2.45) is 0 Å². The molecule has 3 aromatic carbocycles. The Morgan fingerprint density at radius 3 is 1.94 bits per heavy atom. The molecule has 1 atom stereocenters. The third-order valence-corrected chi connectivity index (χ3v) is 4.54. The Morgan fingerprint density at radius 1 is 0.774 bits per heavy atom. The van der Waals surface area contributed by atoms with Gasteiger partial charge in [0.25, 0.3) is 0 Å². The normalized spacial score (nSPS) is 11.1. The molecule has 6 heteroatoms. The van der Waals surface area contributed by atoms with E-state index in [1.54, 1.807) is 24.3 Å². The van der Waals surface area contributed by atoms with E-state index in [1.165, 1.54) is 0 Å². The van der Waals surface area contributed by atoms with Crippen molar-refractivity contribution in [3.05, 3.63) is 107 Å². The molecule has 0 radical (unpaired) electrons. The number of rotatable bonds is 8. The van der Waals surface area contributed by atoms with E-state index in [2.05, 4.69) is 5.32 Å². The second-order valence-electron chi connectivity index (χ2n) is 6.86. The topological polar surface area (TPSA) is 88.4 Å². The SMILES string of the molecule is N#Cc1ccc(COC(=O)[C@H](Cc2ccccc2)NC(=O)OCc2ccccc2)cc1. The van der Waals surface area contributed by atoms with Crippen LogP contribution in [0.1, 0.15) is 22.3 Å². The molecule has 0 spiro atoms. The molecule has 0 aliphatic rings. The Balaban J connectivity index is 1.61. The lowest BCUT2D eigenvalue weighted by molar-refractivity contribution is -0.147. The van der Waals surface area contributed by atoms with Gasteiger partial charge in [0.05, 0.1) is 11.6 Å². The Morgan fingerprint density at radius 2 is 1.32 bits per heavy atom. The fourth-order valence-electron chi connectivity index (χ4n) is 2.88. The van der Waals surface area contributed by atoms with E-state index in [-0.39, 0.29) is 19.6 Å². The number of esters is 1.